The maximum atomic E-state index is 12.2. The summed E-state index contributed by atoms with van der Waals surface area (Å²) in [5.74, 6) is 0.431. The van der Waals surface area contributed by atoms with Gasteiger partial charge < -0.3 is 9.16 Å². The van der Waals surface area contributed by atoms with Gasteiger partial charge >= 0.3 is 5.97 Å². The Labute approximate surface area is 148 Å². The van der Waals surface area contributed by atoms with E-state index in [1.165, 1.54) is 7.11 Å². The van der Waals surface area contributed by atoms with Crippen LogP contribution in [0.5, 0.6) is 0 Å². The highest BCUT2D eigenvalue weighted by molar-refractivity contribution is 6.74. The first-order valence-electron chi connectivity index (χ1n) is 9.34. The second kappa shape index (κ2) is 9.14. The zero-order valence-electron chi connectivity index (χ0n) is 16.4. The van der Waals surface area contributed by atoms with Crippen LogP contribution in [-0.4, -0.2) is 33.3 Å². The summed E-state index contributed by atoms with van der Waals surface area (Å²) in [6, 6.07) is 0. The molecule has 0 spiro atoms. The van der Waals surface area contributed by atoms with Crippen molar-refractivity contribution < 1.29 is 18.8 Å². The van der Waals surface area contributed by atoms with Gasteiger partial charge in [-0.2, -0.15) is 0 Å². The number of ketones is 1. The number of rotatable bonds is 9. The first-order valence-corrected chi connectivity index (χ1v) is 12.2. The quantitative estimate of drug-likeness (QED) is 0.336. The van der Waals surface area contributed by atoms with E-state index in [9.17, 15) is 9.59 Å². The van der Waals surface area contributed by atoms with Crippen LogP contribution in [0.1, 0.15) is 72.1 Å². The van der Waals surface area contributed by atoms with Crippen LogP contribution in [-0.2, 0) is 18.8 Å². The fourth-order valence-corrected chi connectivity index (χ4v) is 4.37. The molecule has 1 rings (SSSR count). The third kappa shape index (κ3) is 6.67. The van der Waals surface area contributed by atoms with Crippen LogP contribution >= 0.6 is 0 Å². The van der Waals surface area contributed by atoms with Gasteiger partial charge in [0.25, 0.3) is 0 Å². The molecule has 0 aliphatic heterocycles. The number of carbonyl (C=O) groups is 2. The molecule has 0 saturated heterocycles. The van der Waals surface area contributed by atoms with Crippen LogP contribution in [0.4, 0.5) is 0 Å². The largest absolute Gasteiger partial charge is 0.469 e. The maximum absolute atomic E-state index is 12.2. The van der Waals surface area contributed by atoms with Crippen LogP contribution in [0.2, 0.25) is 18.1 Å². The molecular formula is C19H36O4Si. The van der Waals surface area contributed by atoms with E-state index in [0.717, 1.165) is 38.5 Å². The lowest BCUT2D eigenvalue weighted by Gasteiger charge is -2.38. The summed E-state index contributed by atoms with van der Waals surface area (Å²) in [4.78, 5) is 23.3. The minimum atomic E-state index is -1.79. The van der Waals surface area contributed by atoms with E-state index in [1.54, 1.807) is 0 Å². The van der Waals surface area contributed by atoms with Crippen LogP contribution in [0.3, 0.4) is 0 Å². The molecule has 0 radical (unpaired) electrons. The fraction of sp³-hybridized carbons (Fsp3) is 0.895. The Morgan fingerprint density at radius 1 is 1.17 bits per heavy atom. The minimum absolute atomic E-state index is 0.128. The highest BCUT2D eigenvalue weighted by atomic mass is 28.4. The average Bonchev–Trinajstić information content (AvgIpc) is 2.80. The van der Waals surface area contributed by atoms with Crippen molar-refractivity contribution in [3.8, 4) is 0 Å². The van der Waals surface area contributed by atoms with Gasteiger partial charge in [0.2, 0.25) is 0 Å². The predicted molar refractivity (Wildman–Crippen MR) is 99.5 cm³/mol. The van der Waals surface area contributed by atoms with Crippen molar-refractivity contribution in [2.24, 2.45) is 5.92 Å². The van der Waals surface area contributed by atoms with E-state index in [1.807, 2.05) is 0 Å². The number of ether oxygens (including phenoxy) is 1. The van der Waals surface area contributed by atoms with Crippen molar-refractivity contribution in [1.29, 1.82) is 0 Å². The molecule has 0 heterocycles. The first-order chi connectivity index (χ1) is 11.1. The summed E-state index contributed by atoms with van der Waals surface area (Å²) in [6.45, 7) is 11.2. The van der Waals surface area contributed by atoms with E-state index >= 15 is 0 Å². The average molecular weight is 357 g/mol. The molecule has 24 heavy (non-hydrogen) atoms. The highest BCUT2D eigenvalue weighted by Crippen LogP contribution is 2.40. The number of methoxy groups -OCH3 is 1. The van der Waals surface area contributed by atoms with Crippen molar-refractivity contribution >= 4 is 20.1 Å². The smallest absolute Gasteiger partial charge is 0.305 e. The Kier molecular flexibility index (Phi) is 8.13. The van der Waals surface area contributed by atoms with Crippen molar-refractivity contribution in [2.45, 2.75) is 96.4 Å². The topological polar surface area (TPSA) is 52.6 Å². The summed E-state index contributed by atoms with van der Waals surface area (Å²) in [5.41, 5.74) is 0. The van der Waals surface area contributed by atoms with E-state index in [0.29, 0.717) is 18.6 Å². The number of unbranched alkanes of at least 4 members (excludes halogenated alkanes) is 3. The SMILES string of the molecule is COC(=O)CCCCCCC1C[C@H](O[Si](C)(C)C(C)(C)C)CC1=O. The number of Topliss-reactive ketones (excluding diaryl/α,β-unsaturated/α-hetero) is 1. The van der Waals surface area contributed by atoms with Crippen LogP contribution in [0.25, 0.3) is 0 Å². The number of hydrogen-bond acceptors (Lipinski definition) is 4. The third-order valence-electron chi connectivity index (χ3n) is 5.61. The van der Waals surface area contributed by atoms with Gasteiger partial charge in [-0.1, -0.05) is 40.0 Å². The Hall–Kier alpha value is -0.683. The molecule has 5 heteroatoms. The molecular weight excluding hydrogens is 320 g/mol. The molecule has 4 nitrogen and oxygen atoms in total. The van der Waals surface area contributed by atoms with Crippen molar-refractivity contribution in [1.82, 2.24) is 0 Å². The van der Waals surface area contributed by atoms with Crippen LogP contribution in [0, 0.1) is 5.92 Å². The lowest BCUT2D eigenvalue weighted by atomic mass is 9.98. The molecule has 0 bridgehead atoms. The normalized spacial score (nSPS) is 22.0. The summed E-state index contributed by atoms with van der Waals surface area (Å²) in [7, 11) is -0.362. The summed E-state index contributed by atoms with van der Waals surface area (Å²) < 4.78 is 11.0. The first kappa shape index (κ1) is 21.4. The predicted octanol–water partition coefficient (Wildman–Crippen LogP) is 4.87. The molecule has 1 aliphatic carbocycles. The second-order valence-corrected chi connectivity index (χ2v) is 13.4. The lowest BCUT2D eigenvalue weighted by Crippen LogP contribution is -2.43. The summed E-state index contributed by atoms with van der Waals surface area (Å²) >= 11 is 0. The van der Waals surface area contributed by atoms with Gasteiger partial charge in [0.05, 0.1) is 13.2 Å². The van der Waals surface area contributed by atoms with Gasteiger partial charge in [0.15, 0.2) is 8.32 Å². The van der Waals surface area contributed by atoms with Gasteiger partial charge in [0.1, 0.15) is 5.78 Å². The Balaban J connectivity index is 2.27. The maximum Gasteiger partial charge on any atom is 0.305 e. The number of esters is 1. The Bertz CT molecular complexity index is 426. The number of carbonyl (C=O) groups excluding carboxylic acids is 2. The van der Waals surface area contributed by atoms with Gasteiger partial charge in [-0.3, -0.25) is 9.59 Å². The molecule has 0 aromatic heterocycles. The molecule has 140 valence electrons. The van der Waals surface area contributed by atoms with E-state index in [-0.39, 0.29) is 23.0 Å². The van der Waals surface area contributed by atoms with E-state index < -0.39 is 8.32 Å². The molecule has 1 fully saturated rings. The molecule has 0 amide bonds. The van der Waals surface area contributed by atoms with E-state index in [2.05, 4.69) is 38.6 Å². The molecule has 0 aromatic carbocycles. The Morgan fingerprint density at radius 3 is 2.38 bits per heavy atom. The second-order valence-electron chi connectivity index (χ2n) is 8.63. The molecule has 1 saturated carbocycles. The summed E-state index contributed by atoms with van der Waals surface area (Å²) in [5, 5.41) is 0.188. The van der Waals surface area contributed by atoms with Gasteiger partial charge in [-0.25, -0.2) is 0 Å². The molecule has 0 aromatic rings. The van der Waals surface area contributed by atoms with Gasteiger partial charge in [0, 0.05) is 18.8 Å². The molecule has 1 unspecified atom stereocenters. The van der Waals surface area contributed by atoms with Gasteiger partial charge in [-0.05, 0) is 37.4 Å². The Morgan fingerprint density at radius 2 is 1.79 bits per heavy atom. The number of hydrogen-bond donors (Lipinski definition) is 0. The van der Waals surface area contributed by atoms with Crippen LogP contribution < -0.4 is 0 Å². The molecule has 1 aliphatic rings. The monoisotopic (exact) mass is 356 g/mol. The third-order valence-corrected chi connectivity index (χ3v) is 10.1. The van der Waals surface area contributed by atoms with Gasteiger partial charge in [-0.15, -0.1) is 0 Å². The van der Waals surface area contributed by atoms with Crippen molar-refractivity contribution in [3.05, 3.63) is 0 Å². The minimum Gasteiger partial charge on any atom is -0.469 e. The highest BCUT2D eigenvalue weighted by Gasteiger charge is 2.42. The van der Waals surface area contributed by atoms with E-state index in [4.69, 9.17) is 4.43 Å². The zero-order valence-corrected chi connectivity index (χ0v) is 17.4. The van der Waals surface area contributed by atoms with Crippen molar-refractivity contribution in [2.75, 3.05) is 7.11 Å². The molecule has 2 atom stereocenters. The summed E-state index contributed by atoms with van der Waals surface area (Å²) in [6.07, 6.45) is 7.13. The molecule has 0 N–H and O–H groups in total. The lowest BCUT2D eigenvalue weighted by molar-refractivity contribution is -0.140. The fourth-order valence-electron chi connectivity index (χ4n) is 3.00. The van der Waals surface area contributed by atoms with Crippen LogP contribution in [0.15, 0.2) is 0 Å². The van der Waals surface area contributed by atoms with Crippen molar-refractivity contribution in [3.63, 3.8) is 0 Å². The zero-order chi connectivity index (χ0) is 18.4. The standard InChI is InChI=1S/C19H36O4Si/c1-19(2,3)24(5,6)23-16-13-15(17(20)14-16)11-9-7-8-10-12-18(21)22-4/h15-16H,7-14H2,1-6H3/t15?,16-/m0/s1.